The summed E-state index contributed by atoms with van der Waals surface area (Å²) in [5, 5.41) is 12.2. The Labute approximate surface area is 210 Å². The first kappa shape index (κ1) is 24.6. The molecular weight excluding hydrogens is 500 g/mol. The number of carbonyl (C=O) groups excluding carboxylic acids is 1. The lowest BCUT2D eigenvalue weighted by molar-refractivity contribution is 0.0326. The van der Waals surface area contributed by atoms with Crippen molar-refractivity contribution in [1.29, 1.82) is 0 Å². The van der Waals surface area contributed by atoms with Crippen molar-refractivity contribution in [2.24, 2.45) is 0 Å². The minimum atomic E-state index is -1.38. The van der Waals surface area contributed by atoms with E-state index >= 15 is 0 Å². The van der Waals surface area contributed by atoms with Gasteiger partial charge in [0.2, 0.25) is 0 Å². The number of benzene rings is 3. The van der Waals surface area contributed by atoms with Crippen molar-refractivity contribution in [3.8, 4) is 17.2 Å². The molecule has 3 aromatic carbocycles. The number of carboxylic acid groups (broad SMARTS) is 1. The van der Waals surface area contributed by atoms with E-state index in [2.05, 4.69) is 5.32 Å². The molecule has 0 aliphatic carbocycles. The van der Waals surface area contributed by atoms with Gasteiger partial charge in [-0.2, -0.15) is 0 Å². The smallest absolute Gasteiger partial charge is 0.493 e. The van der Waals surface area contributed by atoms with Gasteiger partial charge in [-0.05, 0) is 48.0 Å². The average Bonchev–Trinajstić information content (AvgIpc) is 2.84. The zero-order valence-corrected chi connectivity index (χ0v) is 19.7. The van der Waals surface area contributed by atoms with E-state index in [1.165, 1.54) is 0 Å². The summed E-state index contributed by atoms with van der Waals surface area (Å²) in [6.45, 7) is 0.101. The van der Waals surface area contributed by atoms with E-state index in [4.69, 9.17) is 42.5 Å². The molecule has 0 aromatic heterocycles. The molecule has 4 rings (SSSR count). The summed E-state index contributed by atoms with van der Waals surface area (Å²) in [5.41, 5.74) is 1.27. The van der Waals surface area contributed by atoms with Crippen LogP contribution in [0, 0.1) is 0 Å². The predicted octanol–water partition coefficient (Wildman–Crippen LogP) is 6.74. The molecule has 1 heterocycles. The van der Waals surface area contributed by atoms with Gasteiger partial charge in [-0.25, -0.2) is 9.18 Å². The number of ether oxygens (including phenoxy) is 3. The fourth-order valence-corrected chi connectivity index (χ4v) is 3.89. The summed E-state index contributed by atoms with van der Waals surface area (Å²) in [4.78, 5) is 23.3. The van der Waals surface area contributed by atoms with E-state index in [1.54, 1.807) is 60.7 Å². The molecule has 7 nitrogen and oxygen atoms in total. The zero-order chi connectivity index (χ0) is 24.9. The summed E-state index contributed by atoms with van der Waals surface area (Å²) >= 11 is 12.1. The lowest BCUT2D eigenvalue weighted by Crippen LogP contribution is -2.27. The molecule has 2 N–H and O–H groups in total. The van der Waals surface area contributed by atoms with Crippen LogP contribution in [0.25, 0.3) is 0 Å². The molecule has 0 saturated heterocycles. The SMILES string of the molecule is O=C(O)OC1CCOc2cc(Oc3ccc(C(=O)NCC(F)c4ccc(Cl)cc4)cc3)c(Cl)cc21. The highest BCUT2D eigenvalue weighted by Gasteiger charge is 2.27. The van der Waals surface area contributed by atoms with E-state index in [-0.39, 0.29) is 18.2 Å². The highest BCUT2D eigenvalue weighted by Crippen LogP contribution is 2.42. The van der Waals surface area contributed by atoms with Crippen molar-refractivity contribution in [2.45, 2.75) is 18.7 Å². The van der Waals surface area contributed by atoms with Crippen LogP contribution in [0.15, 0.2) is 60.7 Å². The zero-order valence-electron chi connectivity index (χ0n) is 18.2. The van der Waals surface area contributed by atoms with Crippen molar-refractivity contribution in [2.75, 3.05) is 13.2 Å². The first-order chi connectivity index (χ1) is 16.8. The summed E-state index contributed by atoms with van der Waals surface area (Å²) < 4.78 is 30.7. The lowest BCUT2D eigenvalue weighted by Gasteiger charge is -2.25. The summed E-state index contributed by atoms with van der Waals surface area (Å²) in [5.74, 6) is 0.682. The van der Waals surface area contributed by atoms with Gasteiger partial charge in [-0.1, -0.05) is 35.3 Å². The van der Waals surface area contributed by atoms with Crippen LogP contribution >= 0.6 is 23.2 Å². The number of hydrogen-bond donors (Lipinski definition) is 2. The van der Waals surface area contributed by atoms with E-state index in [0.717, 1.165) is 0 Å². The second-order valence-corrected chi connectivity index (χ2v) is 8.53. The summed E-state index contributed by atoms with van der Waals surface area (Å²) in [7, 11) is 0. The van der Waals surface area contributed by atoms with Crippen molar-refractivity contribution in [1.82, 2.24) is 5.32 Å². The van der Waals surface area contributed by atoms with Gasteiger partial charge >= 0.3 is 6.16 Å². The van der Waals surface area contributed by atoms with E-state index < -0.39 is 24.3 Å². The molecule has 182 valence electrons. The fraction of sp³-hybridized carbons (Fsp3) is 0.200. The molecule has 0 fully saturated rings. The molecule has 0 spiro atoms. The van der Waals surface area contributed by atoms with Crippen LogP contribution in [-0.4, -0.2) is 30.3 Å². The van der Waals surface area contributed by atoms with Crippen molar-refractivity contribution in [3.63, 3.8) is 0 Å². The van der Waals surface area contributed by atoms with Crippen LogP contribution in [0.3, 0.4) is 0 Å². The molecule has 0 bridgehead atoms. The highest BCUT2D eigenvalue weighted by atomic mass is 35.5. The van der Waals surface area contributed by atoms with Crippen LogP contribution < -0.4 is 14.8 Å². The number of carbonyl (C=O) groups is 2. The Balaban J connectivity index is 1.39. The molecule has 2 atom stereocenters. The Hall–Kier alpha value is -3.49. The number of hydrogen-bond acceptors (Lipinski definition) is 5. The van der Waals surface area contributed by atoms with E-state index in [1.807, 2.05) is 0 Å². The standard InChI is InChI=1S/C25H20Cl2FNO6/c26-16-5-1-14(2-6-16)20(28)13-29-24(30)15-3-7-17(8-4-15)34-23-12-22-18(11-19(23)27)21(9-10-33-22)35-25(31)32/h1-8,11-12,20-21H,9-10,13H2,(H,29,30)(H,31,32). The number of rotatable bonds is 7. The van der Waals surface area contributed by atoms with Crippen molar-refractivity contribution in [3.05, 3.63) is 87.4 Å². The first-order valence-electron chi connectivity index (χ1n) is 10.6. The van der Waals surface area contributed by atoms with Gasteiger partial charge < -0.3 is 24.6 Å². The number of alkyl halides is 1. The molecule has 3 aromatic rings. The van der Waals surface area contributed by atoms with Gasteiger partial charge in [0, 0.05) is 28.6 Å². The maximum absolute atomic E-state index is 14.4. The fourth-order valence-electron chi connectivity index (χ4n) is 3.56. The molecule has 35 heavy (non-hydrogen) atoms. The van der Waals surface area contributed by atoms with Crippen molar-refractivity contribution < 1.29 is 33.3 Å². The largest absolute Gasteiger partial charge is 0.506 e. The highest BCUT2D eigenvalue weighted by molar-refractivity contribution is 6.32. The molecule has 0 saturated carbocycles. The Morgan fingerprint density at radius 1 is 1.11 bits per heavy atom. The van der Waals surface area contributed by atoms with Gasteiger partial charge in [0.15, 0.2) is 0 Å². The van der Waals surface area contributed by atoms with Crippen LogP contribution in [0.5, 0.6) is 17.2 Å². The van der Waals surface area contributed by atoms with Gasteiger partial charge in [-0.15, -0.1) is 0 Å². The molecule has 10 heteroatoms. The quantitative estimate of drug-likeness (QED) is 0.335. The number of amides is 1. The van der Waals surface area contributed by atoms with Crippen LogP contribution in [0.4, 0.5) is 9.18 Å². The monoisotopic (exact) mass is 519 g/mol. The second kappa shape index (κ2) is 10.8. The normalized spacial score (nSPS) is 15.3. The maximum Gasteiger partial charge on any atom is 0.506 e. The predicted molar refractivity (Wildman–Crippen MR) is 128 cm³/mol. The molecule has 1 aliphatic heterocycles. The van der Waals surface area contributed by atoms with Gasteiger partial charge in [0.1, 0.15) is 29.5 Å². The molecule has 0 radical (unpaired) electrons. The lowest BCUT2D eigenvalue weighted by atomic mass is 10.0. The summed E-state index contributed by atoms with van der Waals surface area (Å²) in [6.07, 6.45) is -3.05. The van der Waals surface area contributed by atoms with Crippen molar-refractivity contribution >= 4 is 35.3 Å². The summed E-state index contributed by atoms with van der Waals surface area (Å²) in [6, 6.07) is 15.7. The first-order valence-corrected chi connectivity index (χ1v) is 11.4. The molecular formula is C25H20Cl2FNO6. The van der Waals surface area contributed by atoms with Crippen LogP contribution in [0.2, 0.25) is 10.0 Å². The Morgan fingerprint density at radius 2 is 1.83 bits per heavy atom. The number of nitrogens with one attached hydrogen (secondary N) is 1. The molecule has 2 unspecified atom stereocenters. The van der Waals surface area contributed by atoms with Crippen LogP contribution in [-0.2, 0) is 4.74 Å². The van der Waals surface area contributed by atoms with Gasteiger partial charge in [0.05, 0.1) is 18.2 Å². The average molecular weight is 520 g/mol. The molecule has 1 aliphatic rings. The molecule has 1 amide bonds. The Kier molecular flexibility index (Phi) is 7.63. The minimum absolute atomic E-state index is 0.184. The topological polar surface area (TPSA) is 94.1 Å². The van der Waals surface area contributed by atoms with E-state index in [9.17, 15) is 14.0 Å². The number of fused-ring (bicyclic) bond motifs is 1. The third-order valence-corrected chi connectivity index (χ3v) is 5.86. The van der Waals surface area contributed by atoms with E-state index in [0.29, 0.717) is 45.4 Å². The number of halogens is 3. The minimum Gasteiger partial charge on any atom is -0.493 e. The Morgan fingerprint density at radius 3 is 2.51 bits per heavy atom. The van der Waals surface area contributed by atoms with Gasteiger partial charge in [0.25, 0.3) is 5.91 Å². The Bertz CT molecular complexity index is 1220. The maximum atomic E-state index is 14.4. The second-order valence-electron chi connectivity index (χ2n) is 7.69. The van der Waals surface area contributed by atoms with Crippen LogP contribution in [0.1, 0.15) is 40.2 Å². The third-order valence-electron chi connectivity index (χ3n) is 5.31. The van der Waals surface area contributed by atoms with Gasteiger partial charge in [-0.3, -0.25) is 4.79 Å². The third kappa shape index (κ3) is 6.15.